The lowest BCUT2D eigenvalue weighted by atomic mass is 9.98. The molecule has 0 spiro atoms. The first-order valence-corrected chi connectivity index (χ1v) is 45.0. The van der Waals surface area contributed by atoms with Crippen LogP contribution >= 0.6 is 0 Å². The van der Waals surface area contributed by atoms with E-state index in [2.05, 4.69) is 243 Å². The fraction of sp³-hybridized carbons (Fsp3) is 0.756. The Morgan fingerprint density at radius 2 is 0.900 bits per heavy atom. The predicted molar refractivity (Wildman–Crippen MR) is 486 cm³/mol. The molecule has 11 aliphatic rings. The molecule has 6 aromatic rings. The number of hydrogen-bond acceptors (Lipinski definition) is 21. The number of piperidine rings is 1. The standard InChI is InChI=1S/C11H18N2.C10H17N3O.C10H17N3.2C10H16N2O.C9H16N4.C9H14N2O2.C8H14N4O.C8H17N.2C2H6.CH4.FH/c1-8(2)13-5-4-11-9(3)12-6-10(11)7-13;1-7(2)13-5-4-9-8(6-13)10(14)12(3)11-9;1-7(2)13-5-4-10-9(6-13)8(3)11-12-10;1-7(2)12-5-4-9-8(3)11-13-10(9)6-12;1-7(2)12-4-3-9-8(6-12)5-11-10(9)13;1-7(2)12-4-5-13-8(3)10-11-9(13)6-12;1-6(2)11-4-3-7-8(5-11)13-10-9(7)12;1-6(2)11-3-4-12-7(5-11)9-10-8(12)13;1-8(2)9-6-4-3-5-7-9;2*1-2;;/h8H,4-7H2,1-3H3;7,11H,4-6H2,1-3H3;7H,4-6H2,1-3H3,(H,11,12);7H,4-6H2,1-3H3;7H,3-6H2,1-2H3,(H,11,13);7H,4-6H2,1-3H3;6H,3-5H2,1-2H3,(H,10,12);6H,3-5H2,1-2H3,(H,10,13);8H,3-7H2,1-2H3;2*1-2H3;1H4;1H. The number of halogens is 1. The first kappa shape index (κ1) is 103. The van der Waals surface area contributed by atoms with Crippen molar-refractivity contribution in [2.75, 3.05) is 91.6 Å². The molecule has 17 rings (SSSR count). The molecule has 680 valence electrons. The van der Waals surface area contributed by atoms with Gasteiger partial charge in [0.1, 0.15) is 17.5 Å². The lowest BCUT2D eigenvalue weighted by molar-refractivity contribution is -0.116. The second-order valence-corrected chi connectivity index (χ2v) is 35.2. The van der Waals surface area contributed by atoms with E-state index in [9.17, 15) is 19.2 Å². The first-order chi connectivity index (χ1) is 56.2. The summed E-state index contributed by atoms with van der Waals surface area (Å²) in [4.78, 5) is 71.6. The van der Waals surface area contributed by atoms with Gasteiger partial charge in [-0.3, -0.25) is 82.7 Å². The number of nitrogens with one attached hydrogen (secondary N) is 5. The number of carbonyl (C=O) groups excluding carboxylic acids is 1. The minimum absolute atomic E-state index is 0. The monoisotopic (exact) mass is 1680 g/mol. The van der Waals surface area contributed by atoms with E-state index in [1.54, 1.807) is 27.4 Å². The largest absolute Gasteiger partial charge is 0.382 e. The molecule has 17 heterocycles. The first-order valence-electron chi connectivity index (χ1n) is 45.0. The molecule has 0 aliphatic carbocycles. The smallest absolute Gasteiger partial charge is 0.343 e. The summed E-state index contributed by atoms with van der Waals surface area (Å²) in [6, 6.07) is 5.41. The fourth-order valence-corrected chi connectivity index (χ4v) is 16.5. The highest BCUT2D eigenvalue weighted by Gasteiger charge is 2.32. The Morgan fingerprint density at radius 3 is 1.47 bits per heavy atom. The lowest BCUT2D eigenvalue weighted by Crippen LogP contribution is -2.40. The number of amides is 1. The van der Waals surface area contributed by atoms with Gasteiger partial charge in [0, 0.05) is 206 Å². The third-order valence-corrected chi connectivity index (χ3v) is 24.7. The SMILES string of the molecule is C.CC.CC.CC(C)N1CCC2=C(CNC2=O)C1.CC(C)N1CCCCC1.CC(C)N1CCc2[nH]n(C)c(=O)c2C1.CC(C)N1CCc2c(o[nH]c2=O)C1.CC(C)N1CCn2c(n[nH]c2=O)C1.CC1=NCC2=C1CCN(C(C)C)C2.Cc1[nH]nc2c1CN(C(C)C)CC2.Cc1nnc2n1CCN(C(C)C)C2.Cc1noc2c1CCN(C(C)C)C2.F. The maximum atomic E-state index is 11.7. The Kier molecular flexibility index (Phi) is 42.9. The van der Waals surface area contributed by atoms with Gasteiger partial charge >= 0.3 is 5.69 Å². The van der Waals surface area contributed by atoms with Gasteiger partial charge in [-0.1, -0.05) is 46.7 Å². The third kappa shape index (κ3) is 28.6. The summed E-state index contributed by atoms with van der Waals surface area (Å²) in [5.74, 6) is 5.04. The van der Waals surface area contributed by atoms with Gasteiger partial charge in [0.15, 0.2) is 11.5 Å². The van der Waals surface area contributed by atoms with Crippen LogP contribution in [0, 0.1) is 20.8 Å². The number of aryl methyl sites for hydroxylation is 4. The van der Waals surface area contributed by atoms with Crippen LogP contribution in [0.25, 0.3) is 0 Å². The van der Waals surface area contributed by atoms with Crippen molar-refractivity contribution in [3.63, 3.8) is 0 Å². The van der Waals surface area contributed by atoms with Crippen molar-refractivity contribution in [1.82, 2.24) is 109 Å². The zero-order valence-electron chi connectivity index (χ0n) is 78.5. The van der Waals surface area contributed by atoms with Crippen molar-refractivity contribution >= 4 is 11.6 Å². The summed E-state index contributed by atoms with van der Waals surface area (Å²) in [5.41, 5.74) is 16.0. The lowest BCUT2D eigenvalue weighted by Gasteiger charge is -2.31. The molecule has 120 heavy (non-hydrogen) atoms. The molecule has 0 saturated carbocycles. The van der Waals surface area contributed by atoms with Crippen molar-refractivity contribution in [2.24, 2.45) is 12.0 Å². The number of carbonyl (C=O) groups is 1. The number of aromatic amines is 4. The summed E-state index contributed by atoms with van der Waals surface area (Å²) in [6.45, 7) is 78.3. The van der Waals surface area contributed by atoms with E-state index in [1.807, 2.05) is 41.5 Å². The maximum Gasteiger partial charge on any atom is 0.343 e. The summed E-state index contributed by atoms with van der Waals surface area (Å²) < 4.78 is 15.9. The van der Waals surface area contributed by atoms with Gasteiger partial charge in [-0.25, -0.2) is 9.89 Å². The number of H-pyrrole nitrogens is 4. The van der Waals surface area contributed by atoms with Gasteiger partial charge in [0.05, 0.1) is 55.2 Å². The highest BCUT2D eigenvalue weighted by Crippen LogP contribution is 2.28. The minimum Gasteiger partial charge on any atom is -0.382 e. The summed E-state index contributed by atoms with van der Waals surface area (Å²) in [7, 11) is 1.78. The summed E-state index contributed by atoms with van der Waals surface area (Å²) >= 11 is 0. The predicted octanol–water partition coefficient (Wildman–Crippen LogP) is 12.2. The van der Waals surface area contributed by atoms with E-state index >= 15 is 0 Å². The average Bonchev–Trinajstić information content (AvgIpc) is 1.70. The molecular weight excluding hydrogens is 1520 g/mol. The Bertz CT molecular complexity index is 4180. The van der Waals surface area contributed by atoms with Gasteiger partial charge in [0.2, 0.25) is 5.91 Å². The normalized spacial score (nSPS) is 18.7. The van der Waals surface area contributed by atoms with Crippen molar-refractivity contribution in [2.45, 2.75) is 352 Å². The van der Waals surface area contributed by atoms with Crippen LogP contribution in [0.5, 0.6) is 0 Å². The topological polar surface area (TPSA) is 291 Å². The Hall–Kier alpha value is -7.29. The summed E-state index contributed by atoms with van der Waals surface area (Å²) in [5, 5.41) is 34.4. The molecule has 1 fully saturated rings. The van der Waals surface area contributed by atoms with E-state index in [1.165, 1.54) is 79.1 Å². The van der Waals surface area contributed by atoms with E-state index in [0.29, 0.717) is 48.3 Å². The Balaban J connectivity index is 0.000000239. The number of rotatable bonds is 9. The molecule has 0 atom stereocenters. The quantitative estimate of drug-likeness (QED) is 0.0899. The van der Waals surface area contributed by atoms with Gasteiger partial charge in [-0.05, 0) is 221 Å². The zero-order chi connectivity index (χ0) is 86.9. The van der Waals surface area contributed by atoms with E-state index < -0.39 is 0 Å². The average molecular weight is 1680 g/mol. The van der Waals surface area contributed by atoms with Crippen LogP contribution in [0.15, 0.2) is 50.7 Å². The molecule has 0 aromatic carbocycles. The molecule has 11 aliphatic heterocycles. The molecule has 1 amide bonds. The summed E-state index contributed by atoms with van der Waals surface area (Å²) in [6.07, 6.45) is 10.4. The van der Waals surface area contributed by atoms with Crippen LogP contribution in [0.1, 0.15) is 273 Å². The highest BCUT2D eigenvalue weighted by atomic mass is 19.0. The fourth-order valence-electron chi connectivity index (χ4n) is 16.5. The highest BCUT2D eigenvalue weighted by molar-refractivity contribution is 6.01. The van der Waals surface area contributed by atoms with E-state index in [4.69, 9.17) is 9.05 Å². The van der Waals surface area contributed by atoms with E-state index in [-0.39, 0.29) is 34.8 Å². The molecule has 5 N–H and O–H groups in total. The zero-order valence-corrected chi connectivity index (χ0v) is 78.5. The van der Waals surface area contributed by atoms with Gasteiger partial charge < -0.3 is 23.8 Å². The van der Waals surface area contributed by atoms with Crippen LogP contribution in [0.4, 0.5) is 4.70 Å². The van der Waals surface area contributed by atoms with Crippen molar-refractivity contribution in [3.8, 4) is 0 Å². The number of fused-ring (bicyclic) bond motifs is 6. The maximum absolute atomic E-state index is 11.7. The third-order valence-electron chi connectivity index (χ3n) is 24.7. The number of hydrogen-bond donors (Lipinski definition) is 5. The molecule has 0 bridgehead atoms. The van der Waals surface area contributed by atoms with Gasteiger partial charge in [-0.2, -0.15) is 15.4 Å². The van der Waals surface area contributed by atoms with Crippen LogP contribution in [0.3, 0.4) is 0 Å². The Morgan fingerprint density at radius 1 is 0.425 bits per heavy atom. The molecular formula is C90H162FN23O6. The van der Waals surface area contributed by atoms with Crippen LogP contribution in [0.2, 0.25) is 0 Å². The number of aliphatic imine (C=N–C) groups is 1. The van der Waals surface area contributed by atoms with Crippen LogP contribution < -0.4 is 22.1 Å². The molecule has 0 radical (unpaired) electrons. The van der Waals surface area contributed by atoms with Gasteiger partial charge in [-0.15, -0.1) is 10.2 Å². The van der Waals surface area contributed by atoms with Crippen LogP contribution in [-0.2, 0) is 89.9 Å². The number of nitrogens with zero attached hydrogens (tertiary/aromatic N) is 18. The van der Waals surface area contributed by atoms with E-state index in [0.717, 1.165) is 220 Å². The second-order valence-electron chi connectivity index (χ2n) is 35.2. The molecule has 30 heteroatoms. The molecule has 29 nitrogen and oxygen atoms in total. The molecule has 0 unspecified atom stereocenters. The van der Waals surface area contributed by atoms with Crippen LogP contribution in [-0.4, -0.2) is 262 Å². The second kappa shape index (κ2) is 49.9. The molecule has 6 aromatic heterocycles. The van der Waals surface area contributed by atoms with Gasteiger partial charge in [0.25, 0.3) is 11.1 Å². The molecule has 1 saturated heterocycles. The number of likely N-dealkylation sites (tertiary alicyclic amines) is 1. The van der Waals surface area contributed by atoms with Crippen molar-refractivity contribution < 1.29 is 18.5 Å². The minimum atomic E-state index is -0.0848. The van der Waals surface area contributed by atoms with Crippen molar-refractivity contribution in [1.29, 1.82) is 0 Å². The number of aromatic nitrogens is 12. The van der Waals surface area contributed by atoms with Crippen molar-refractivity contribution in [3.05, 3.63) is 128 Å². The Labute approximate surface area is 719 Å².